The molecule has 3 N–H and O–H groups in total. The molecule has 0 aliphatic carbocycles. The van der Waals surface area contributed by atoms with Crippen LogP contribution in [-0.2, 0) is 11.3 Å². The highest BCUT2D eigenvalue weighted by Gasteiger charge is 2.05. The van der Waals surface area contributed by atoms with Gasteiger partial charge < -0.3 is 16.0 Å². The molecule has 24 heavy (non-hydrogen) atoms. The molecule has 0 aliphatic heterocycles. The first-order valence-electron chi connectivity index (χ1n) is 7.62. The number of hydrogen-bond donors (Lipinski definition) is 3. The quantitative estimate of drug-likeness (QED) is 0.583. The number of guanidine groups is 1. The molecule has 0 unspecified atom stereocenters. The van der Waals surface area contributed by atoms with Gasteiger partial charge in [-0.3, -0.25) is 9.79 Å². The Kier molecular flexibility index (Phi) is 6.31. The zero-order valence-electron chi connectivity index (χ0n) is 13.8. The third-order valence-corrected chi connectivity index (χ3v) is 3.33. The van der Waals surface area contributed by atoms with E-state index in [-0.39, 0.29) is 12.5 Å². The van der Waals surface area contributed by atoms with Crippen LogP contribution in [0.15, 0.2) is 53.5 Å². The number of amides is 1. The van der Waals surface area contributed by atoms with Gasteiger partial charge in [0.05, 0.1) is 6.54 Å². The first-order valence-corrected chi connectivity index (χ1v) is 7.62. The number of halogens is 1. The van der Waals surface area contributed by atoms with Crippen LogP contribution in [-0.4, -0.2) is 25.5 Å². The topological polar surface area (TPSA) is 65.5 Å². The number of nitrogens with one attached hydrogen (secondary N) is 3. The van der Waals surface area contributed by atoms with Crippen LogP contribution < -0.4 is 16.0 Å². The minimum atomic E-state index is -0.392. The van der Waals surface area contributed by atoms with E-state index in [1.807, 2.05) is 31.2 Å². The van der Waals surface area contributed by atoms with E-state index in [1.165, 1.54) is 17.7 Å². The number of aryl methyl sites for hydroxylation is 1. The first kappa shape index (κ1) is 17.5. The largest absolute Gasteiger partial charge is 0.352 e. The highest BCUT2D eigenvalue weighted by molar-refractivity contribution is 5.94. The summed E-state index contributed by atoms with van der Waals surface area (Å²) in [5.41, 5.74) is 2.74. The van der Waals surface area contributed by atoms with Gasteiger partial charge in [-0.25, -0.2) is 4.39 Å². The van der Waals surface area contributed by atoms with Crippen molar-refractivity contribution in [1.29, 1.82) is 0 Å². The summed E-state index contributed by atoms with van der Waals surface area (Å²) < 4.78 is 13.1. The SMILES string of the molecule is CN=C(NCC(=O)Nc1cccc(F)c1)NCc1ccc(C)cc1. The second-order valence-electron chi connectivity index (χ2n) is 5.32. The van der Waals surface area contributed by atoms with Crippen molar-refractivity contribution in [1.82, 2.24) is 10.6 Å². The van der Waals surface area contributed by atoms with Gasteiger partial charge in [0.1, 0.15) is 5.82 Å². The number of carbonyl (C=O) groups excluding carboxylic acids is 1. The molecule has 0 saturated carbocycles. The molecule has 126 valence electrons. The molecule has 2 aromatic rings. The predicted molar refractivity (Wildman–Crippen MR) is 94.4 cm³/mol. The Morgan fingerprint density at radius 2 is 1.88 bits per heavy atom. The van der Waals surface area contributed by atoms with E-state index in [0.29, 0.717) is 18.2 Å². The molecular weight excluding hydrogens is 307 g/mol. The monoisotopic (exact) mass is 328 g/mol. The minimum Gasteiger partial charge on any atom is -0.352 e. The molecule has 0 aromatic heterocycles. The summed E-state index contributed by atoms with van der Waals surface area (Å²) in [6.45, 7) is 2.67. The molecule has 0 spiro atoms. The van der Waals surface area contributed by atoms with Crippen molar-refractivity contribution in [3.05, 3.63) is 65.5 Å². The molecule has 5 nitrogen and oxygen atoms in total. The lowest BCUT2D eigenvalue weighted by molar-refractivity contribution is -0.115. The molecule has 2 aromatic carbocycles. The van der Waals surface area contributed by atoms with Crippen LogP contribution in [0.1, 0.15) is 11.1 Å². The number of aliphatic imine (C=N–C) groups is 1. The van der Waals surface area contributed by atoms with E-state index in [1.54, 1.807) is 19.2 Å². The van der Waals surface area contributed by atoms with Crippen molar-refractivity contribution in [3.63, 3.8) is 0 Å². The van der Waals surface area contributed by atoms with Gasteiger partial charge in [0.15, 0.2) is 5.96 Å². The predicted octanol–water partition coefficient (Wildman–Crippen LogP) is 2.44. The lowest BCUT2D eigenvalue weighted by Crippen LogP contribution is -2.41. The zero-order chi connectivity index (χ0) is 17.4. The molecule has 0 bridgehead atoms. The van der Waals surface area contributed by atoms with Crippen LogP contribution in [0.25, 0.3) is 0 Å². The molecule has 6 heteroatoms. The van der Waals surface area contributed by atoms with E-state index in [0.717, 1.165) is 5.56 Å². The molecule has 0 fully saturated rings. The number of nitrogens with zero attached hydrogens (tertiary/aromatic N) is 1. The zero-order valence-corrected chi connectivity index (χ0v) is 13.8. The summed E-state index contributed by atoms with van der Waals surface area (Å²) in [4.78, 5) is 15.9. The van der Waals surface area contributed by atoms with Gasteiger partial charge in [0.25, 0.3) is 0 Å². The Hall–Kier alpha value is -2.89. The molecule has 1 amide bonds. The van der Waals surface area contributed by atoms with Crippen molar-refractivity contribution < 1.29 is 9.18 Å². The van der Waals surface area contributed by atoms with E-state index in [9.17, 15) is 9.18 Å². The Morgan fingerprint density at radius 3 is 2.54 bits per heavy atom. The van der Waals surface area contributed by atoms with E-state index in [2.05, 4.69) is 20.9 Å². The number of benzene rings is 2. The molecule has 2 rings (SSSR count). The average Bonchev–Trinajstić information content (AvgIpc) is 2.56. The maximum absolute atomic E-state index is 13.1. The number of carbonyl (C=O) groups is 1. The van der Waals surface area contributed by atoms with Crippen molar-refractivity contribution in [2.24, 2.45) is 4.99 Å². The summed E-state index contributed by atoms with van der Waals surface area (Å²) in [6.07, 6.45) is 0. The van der Waals surface area contributed by atoms with E-state index >= 15 is 0 Å². The lowest BCUT2D eigenvalue weighted by atomic mass is 10.1. The van der Waals surface area contributed by atoms with Crippen LogP contribution in [0.5, 0.6) is 0 Å². The van der Waals surface area contributed by atoms with Crippen LogP contribution in [0.2, 0.25) is 0 Å². The lowest BCUT2D eigenvalue weighted by Gasteiger charge is -2.12. The number of hydrogen-bond acceptors (Lipinski definition) is 2. The summed E-state index contributed by atoms with van der Waals surface area (Å²) in [5, 5.41) is 8.67. The average molecular weight is 328 g/mol. The number of anilines is 1. The molecule has 0 saturated heterocycles. The van der Waals surface area contributed by atoms with Crippen LogP contribution in [0.3, 0.4) is 0 Å². The van der Waals surface area contributed by atoms with Gasteiger partial charge in [-0.05, 0) is 30.7 Å². The summed E-state index contributed by atoms with van der Waals surface area (Å²) in [7, 11) is 1.63. The first-order chi connectivity index (χ1) is 11.6. The fraction of sp³-hybridized carbons (Fsp3) is 0.222. The maximum atomic E-state index is 13.1. The van der Waals surface area contributed by atoms with Gasteiger partial charge in [-0.1, -0.05) is 35.9 Å². The third kappa shape index (κ3) is 5.72. The summed E-state index contributed by atoms with van der Waals surface area (Å²) >= 11 is 0. The molecule has 0 heterocycles. The van der Waals surface area contributed by atoms with Gasteiger partial charge in [-0.2, -0.15) is 0 Å². The minimum absolute atomic E-state index is 0.0318. The highest BCUT2D eigenvalue weighted by atomic mass is 19.1. The summed E-state index contributed by atoms with van der Waals surface area (Å²) in [5.74, 6) is -0.153. The molecule has 0 aliphatic rings. The Balaban J connectivity index is 1.78. The third-order valence-electron chi connectivity index (χ3n) is 3.33. The highest BCUT2D eigenvalue weighted by Crippen LogP contribution is 2.08. The van der Waals surface area contributed by atoms with E-state index in [4.69, 9.17) is 0 Å². The van der Waals surface area contributed by atoms with Crippen LogP contribution >= 0.6 is 0 Å². The molecule has 0 atom stereocenters. The fourth-order valence-electron chi connectivity index (χ4n) is 2.05. The Labute approximate surface area is 141 Å². The van der Waals surface area contributed by atoms with Crippen molar-refractivity contribution in [2.75, 3.05) is 18.9 Å². The van der Waals surface area contributed by atoms with E-state index < -0.39 is 5.82 Å². The van der Waals surface area contributed by atoms with Crippen LogP contribution in [0, 0.1) is 12.7 Å². The van der Waals surface area contributed by atoms with Gasteiger partial charge >= 0.3 is 0 Å². The second kappa shape index (κ2) is 8.67. The maximum Gasteiger partial charge on any atom is 0.243 e. The van der Waals surface area contributed by atoms with Gasteiger partial charge in [0.2, 0.25) is 5.91 Å². The Morgan fingerprint density at radius 1 is 1.12 bits per heavy atom. The van der Waals surface area contributed by atoms with Crippen molar-refractivity contribution in [3.8, 4) is 0 Å². The normalized spacial score (nSPS) is 11.0. The van der Waals surface area contributed by atoms with Crippen molar-refractivity contribution in [2.45, 2.75) is 13.5 Å². The van der Waals surface area contributed by atoms with Crippen molar-refractivity contribution >= 4 is 17.6 Å². The molecule has 0 radical (unpaired) electrons. The van der Waals surface area contributed by atoms with Gasteiger partial charge in [0, 0.05) is 19.3 Å². The number of rotatable bonds is 5. The smallest absolute Gasteiger partial charge is 0.243 e. The fourth-order valence-corrected chi connectivity index (χ4v) is 2.05. The second-order valence-corrected chi connectivity index (χ2v) is 5.32. The summed E-state index contributed by atoms with van der Waals surface area (Å²) in [6, 6.07) is 13.9. The van der Waals surface area contributed by atoms with Gasteiger partial charge in [-0.15, -0.1) is 0 Å². The van der Waals surface area contributed by atoms with Crippen LogP contribution in [0.4, 0.5) is 10.1 Å². The standard InChI is InChI=1S/C18H21FN4O/c1-13-6-8-14(9-7-13)11-21-18(20-2)22-12-17(24)23-16-5-3-4-15(19)10-16/h3-10H,11-12H2,1-2H3,(H,23,24)(H2,20,21,22). The molecular formula is C18H21FN4O. The Bertz CT molecular complexity index is 713.